The molecule has 0 aliphatic carbocycles. The van der Waals surface area contributed by atoms with Crippen LogP contribution in [0.15, 0.2) is 30.3 Å². The Bertz CT molecular complexity index is 949. The molecule has 6 nitrogen and oxygen atoms in total. The summed E-state index contributed by atoms with van der Waals surface area (Å²) in [6, 6.07) is 8.37. The van der Waals surface area contributed by atoms with Gasteiger partial charge in [-0.1, -0.05) is 43.7 Å². The van der Waals surface area contributed by atoms with Gasteiger partial charge < -0.3 is 9.64 Å². The molecule has 1 aliphatic heterocycles. The van der Waals surface area contributed by atoms with E-state index in [2.05, 4.69) is 50.1 Å². The van der Waals surface area contributed by atoms with E-state index < -0.39 is 5.97 Å². The van der Waals surface area contributed by atoms with Crippen LogP contribution in [-0.4, -0.2) is 46.3 Å². The lowest BCUT2D eigenvalue weighted by molar-refractivity contribution is -0.149. The van der Waals surface area contributed by atoms with E-state index in [9.17, 15) is 9.59 Å². The number of likely N-dealkylation sites (tertiary alicyclic amines) is 1. The first-order valence-corrected chi connectivity index (χ1v) is 10.9. The second-order valence-electron chi connectivity index (χ2n) is 8.91. The van der Waals surface area contributed by atoms with Gasteiger partial charge in [0.15, 0.2) is 6.61 Å². The number of aryl methyl sites for hydroxylation is 2. The summed E-state index contributed by atoms with van der Waals surface area (Å²) in [5, 5.41) is 4.61. The Kier molecular flexibility index (Phi) is 7.31. The van der Waals surface area contributed by atoms with Crippen molar-refractivity contribution < 1.29 is 14.3 Å². The summed E-state index contributed by atoms with van der Waals surface area (Å²) in [6.07, 6.45) is 4.23. The molecular weight excluding hydrogens is 390 g/mol. The zero-order valence-electron chi connectivity index (χ0n) is 19.2. The van der Waals surface area contributed by atoms with E-state index in [1.54, 1.807) is 11.0 Å². The molecular formula is C25H33N3O3. The van der Waals surface area contributed by atoms with Gasteiger partial charge in [0.2, 0.25) is 0 Å². The average molecular weight is 424 g/mol. The highest BCUT2D eigenvalue weighted by Gasteiger charge is 2.25. The minimum absolute atomic E-state index is 0.126. The van der Waals surface area contributed by atoms with Crippen LogP contribution in [0.1, 0.15) is 48.3 Å². The molecule has 31 heavy (non-hydrogen) atoms. The van der Waals surface area contributed by atoms with Crippen molar-refractivity contribution in [1.82, 2.24) is 14.7 Å². The van der Waals surface area contributed by atoms with Crippen LogP contribution in [0.25, 0.3) is 6.08 Å². The Labute approximate surface area is 184 Å². The summed E-state index contributed by atoms with van der Waals surface area (Å²) in [5.41, 5.74) is 5.12. The molecule has 2 unspecified atom stereocenters. The molecule has 0 spiro atoms. The van der Waals surface area contributed by atoms with Crippen LogP contribution in [0.2, 0.25) is 0 Å². The third-order valence-electron chi connectivity index (χ3n) is 5.84. The first-order valence-electron chi connectivity index (χ1n) is 10.9. The van der Waals surface area contributed by atoms with Crippen LogP contribution in [0.4, 0.5) is 0 Å². The van der Waals surface area contributed by atoms with Crippen molar-refractivity contribution in [2.45, 2.75) is 47.6 Å². The van der Waals surface area contributed by atoms with Crippen molar-refractivity contribution >= 4 is 18.0 Å². The highest BCUT2D eigenvalue weighted by Crippen LogP contribution is 2.21. The number of ether oxygens (including phenoxy) is 1. The number of nitrogens with zero attached hydrogens (tertiary/aromatic N) is 3. The number of rotatable bonds is 6. The summed E-state index contributed by atoms with van der Waals surface area (Å²) in [5.74, 6) is 0.311. The van der Waals surface area contributed by atoms with Crippen molar-refractivity contribution in [3.63, 3.8) is 0 Å². The maximum Gasteiger partial charge on any atom is 0.331 e. The number of carbonyl (C=O) groups excluding carboxylic acids is 2. The van der Waals surface area contributed by atoms with Crippen molar-refractivity contribution in [1.29, 1.82) is 0 Å². The minimum atomic E-state index is -0.517. The molecule has 1 aliphatic rings. The molecule has 0 N–H and O–H groups in total. The molecule has 1 fully saturated rings. The number of piperidine rings is 1. The third kappa shape index (κ3) is 6.06. The molecule has 1 amide bonds. The normalized spacial score (nSPS) is 19.1. The molecule has 2 atom stereocenters. The standard InChI is InChI=1S/C25H33N3O3/c1-17-6-8-22(9-7-17)15-28-21(5)23(20(4)26-28)10-11-25(30)31-16-24(29)27-13-18(2)12-19(3)14-27/h6-11,18-19H,12-16H2,1-5H3/b11-10+. The van der Waals surface area contributed by atoms with E-state index in [-0.39, 0.29) is 12.5 Å². The highest BCUT2D eigenvalue weighted by atomic mass is 16.5. The lowest BCUT2D eigenvalue weighted by Gasteiger charge is -2.34. The smallest absolute Gasteiger partial charge is 0.331 e. The first kappa shape index (κ1) is 22.8. The third-order valence-corrected chi connectivity index (χ3v) is 5.84. The van der Waals surface area contributed by atoms with Crippen molar-refractivity contribution in [3.05, 3.63) is 58.4 Å². The Balaban J connectivity index is 1.57. The second-order valence-corrected chi connectivity index (χ2v) is 8.91. The maximum absolute atomic E-state index is 12.4. The lowest BCUT2D eigenvalue weighted by Crippen LogP contribution is -2.44. The van der Waals surface area contributed by atoms with Crippen LogP contribution in [-0.2, 0) is 20.9 Å². The molecule has 1 saturated heterocycles. The van der Waals surface area contributed by atoms with Crippen LogP contribution < -0.4 is 0 Å². The van der Waals surface area contributed by atoms with Gasteiger partial charge in [0.1, 0.15) is 0 Å². The number of hydrogen-bond donors (Lipinski definition) is 0. The van der Waals surface area contributed by atoms with Crippen LogP contribution in [0.3, 0.4) is 0 Å². The average Bonchev–Trinajstić information content (AvgIpc) is 2.98. The Morgan fingerprint density at radius 3 is 2.39 bits per heavy atom. The molecule has 0 saturated carbocycles. The molecule has 0 radical (unpaired) electrons. The first-order chi connectivity index (χ1) is 14.7. The number of carbonyl (C=O) groups is 2. The van der Waals surface area contributed by atoms with Gasteiger partial charge in [0.25, 0.3) is 5.91 Å². The van der Waals surface area contributed by atoms with Crippen molar-refractivity contribution in [3.8, 4) is 0 Å². The fourth-order valence-electron chi connectivity index (χ4n) is 4.26. The molecule has 2 heterocycles. The molecule has 3 rings (SSSR count). The number of hydrogen-bond acceptors (Lipinski definition) is 4. The summed E-state index contributed by atoms with van der Waals surface area (Å²) in [4.78, 5) is 26.4. The van der Waals surface area contributed by atoms with Gasteiger partial charge in [-0.05, 0) is 50.7 Å². The summed E-state index contributed by atoms with van der Waals surface area (Å²) < 4.78 is 7.14. The molecule has 6 heteroatoms. The summed E-state index contributed by atoms with van der Waals surface area (Å²) >= 11 is 0. The second kappa shape index (κ2) is 9.94. The monoisotopic (exact) mass is 423 g/mol. The van der Waals surface area contributed by atoms with Crippen LogP contribution in [0, 0.1) is 32.6 Å². The van der Waals surface area contributed by atoms with Crippen molar-refractivity contribution in [2.75, 3.05) is 19.7 Å². The number of aromatic nitrogens is 2. The molecule has 1 aromatic carbocycles. The molecule has 166 valence electrons. The van der Waals surface area contributed by atoms with Gasteiger partial charge in [-0.25, -0.2) is 4.79 Å². The van der Waals surface area contributed by atoms with E-state index in [0.717, 1.165) is 36.5 Å². The fraction of sp³-hybridized carbons (Fsp3) is 0.480. The topological polar surface area (TPSA) is 64.4 Å². The van der Waals surface area contributed by atoms with E-state index in [4.69, 9.17) is 4.74 Å². The SMILES string of the molecule is Cc1ccc(Cn2nc(C)c(/C=C/C(=O)OCC(=O)N3CC(C)CC(C)C3)c2C)cc1. The predicted octanol–water partition coefficient (Wildman–Crippen LogP) is 3.92. The molecule has 0 bridgehead atoms. The number of amides is 1. The van der Waals surface area contributed by atoms with E-state index in [0.29, 0.717) is 18.4 Å². The Morgan fingerprint density at radius 1 is 1.10 bits per heavy atom. The predicted molar refractivity (Wildman–Crippen MR) is 122 cm³/mol. The van der Waals surface area contributed by atoms with Crippen LogP contribution >= 0.6 is 0 Å². The van der Waals surface area contributed by atoms with Gasteiger partial charge in [-0.2, -0.15) is 5.10 Å². The minimum Gasteiger partial charge on any atom is -0.452 e. The van der Waals surface area contributed by atoms with Crippen molar-refractivity contribution in [2.24, 2.45) is 11.8 Å². The fourth-order valence-corrected chi connectivity index (χ4v) is 4.26. The largest absolute Gasteiger partial charge is 0.452 e. The van der Waals surface area contributed by atoms with Gasteiger partial charge in [-0.3, -0.25) is 9.48 Å². The van der Waals surface area contributed by atoms with Gasteiger partial charge in [-0.15, -0.1) is 0 Å². The van der Waals surface area contributed by atoms with E-state index in [1.807, 2.05) is 18.5 Å². The zero-order chi connectivity index (χ0) is 22.5. The van der Waals surface area contributed by atoms with Gasteiger partial charge in [0.05, 0.1) is 12.2 Å². The zero-order valence-corrected chi connectivity index (χ0v) is 19.2. The molecule has 2 aromatic rings. The quantitative estimate of drug-likeness (QED) is 0.522. The number of esters is 1. The summed E-state index contributed by atoms with van der Waals surface area (Å²) in [6.45, 7) is 12.2. The molecule has 1 aromatic heterocycles. The van der Waals surface area contributed by atoms with E-state index >= 15 is 0 Å². The summed E-state index contributed by atoms with van der Waals surface area (Å²) in [7, 11) is 0. The van der Waals surface area contributed by atoms with Crippen LogP contribution in [0.5, 0.6) is 0 Å². The van der Waals surface area contributed by atoms with Gasteiger partial charge in [0, 0.05) is 30.4 Å². The Hall–Kier alpha value is -2.89. The maximum atomic E-state index is 12.4. The van der Waals surface area contributed by atoms with E-state index in [1.165, 1.54) is 17.2 Å². The Morgan fingerprint density at radius 2 is 1.74 bits per heavy atom. The number of benzene rings is 1. The lowest BCUT2D eigenvalue weighted by atomic mass is 9.92. The van der Waals surface area contributed by atoms with Gasteiger partial charge >= 0.3 is 5.97 Å². The highest BCUT2D eigenvalue weighted by molar-refractivity contribution is 5.89.